The highest BCUT2D eigenvalue weighted by Gasteiger charge is 2.07. The van der Waals surface area contributed by atoms with Gasteiger partial charge in [-0.15, -0.1) is 0 Å². The number of aryl methyl sites for hydroxylation is 1. The van der Waals surface area contributed by atoms with Crippen molar-refractivity contribution < 1.29 is 0 Å². The first-order valence-electron chi connectivity index (χ1n) is 9.26. The van der Waals surface area contributed by atoms with E-state index in [-0.39, 0.29) is 0 Å². The van der Waals surface area contributed by atoms with Gasteiger partial charge in [-0.1, -0.05) is 29.8 Å². The number of guanidine groups is 1. The number of aromatic nitrogens is 3. The summed E-state index contributed by atoms with van der Waals surface area (Å²) in [6.07, 6.45) is 5.54. The molecule has 1 N–H and O–H groups in total. The van der Waals surface area contributed by atoms with E-state index in [0.29, 0.717) is 6.54 Å². The number of hydrogen-bond donors (Lipinski definition) is 1. The highest BCUT2D eigenvalue weighted by molar-refractivity contribution is 6.30. The van der Waals surface area contributed by atoms with E-state index < -0.39 is 0 Å². The van der Waals surface area contributed by atoms with E-state index >= 15 is 0 Å². The number of halogens is 1. The van der Waals surface area contributed by atoms with Crippen LogP contribution in [0.25, 0.3) is 5.82 Å². The smallest absolute Gasteiger partial charge is 0.194 e. The molecule has 0 amide bonds. The van der Waals surface area contributed by atoms with Crippen molar-refractivity contribution in [2.45, 2.75) is 26.9 Å². The molecule has 6 nitrogen and oxygen atoms in total. The van der Waals surface area contributed by atoms with Gasteiger partial charge in [-0.3, -0.25) is 4.57 Å². The number of nitrogens with zero attached hydrogens (tertiary/aromatic N) is 5. The van der Waals surface area contributed by atoms with E-state index in [1.54, 1.807) is 6.20 Å². The lowest BCUT2D eigenvalue weighted by Crippen LogP contribution is -2.38. The third-order valence-corrected chi connectivity index (χ3v) is 4.53. The van der Waals surface area contributed by atoms with Crippen LogP contribution in [0.15, 0.2) is 60.0 Å². The third kappa shape index (κ3) is 5.10. The van der Waals surface area contributed by atoms with E-state index in [4.69, 9.17) is 16.6 Å². The monoisotopic (exact) mass is 396 g/mol. The molecule has 0 saturated heterocycles. The lowest BCUT2D eigenvalue weighted by molar-refractivity contribution is 0.477. The fraction of sp³-hybridized carbons (Fsp3) is 0.286. The standard InChI is InChI=1S/C21H25ClN6/c1-4-23-21(27(3)15-17-6-5-7-19(22)12-17)26-14-18-8-9-20(25-13-18)28-11-10-24-16(28)2/h5-13H,4,14-15H2,1-3H3,(H,23,26). The Morgan fingerprint density at radius 3 is 2.71 bits per heavy atom. The quantitative estimate of drug-likeness (QED) is 0.508. The number of imidazole rings is 1. The van der Waals surface area contributed by atoms with Crippen LogP contribution in [0.1, 0.15) is 23.9 Å². The molecule has 3 rings (SSSR count). The summed E-state index contributed by atoms with van der Waals surface area (Å²) in [7, 11) is 2.02. The fourth-order valence-corrected chi connectivity index (χ4v) is 3.11. The van der Waals surface area contributed by atoms with E-state index in [1.165, 1.54) is 0 Å². The zero-order valence-electron chi connectivity index (χ0n) is 16.4. The van der Waals surface area contributed by atoms with Crippen LogP contribution in [0.3, 0.4) is 0 Å². The largest absolute Gasteiger partial charge is 0.357 e. The summed E-state index contributed by atoms with van der Waals surface area (Å²) in [5.41, 5.74) is 2.19. The van der Waals surface area contributed by atoms with E-state index in [9.17, 15) is 0 Å². The summed E-state index contributed by atoms with van der Waals surface area (Å²) in [5.74, 6) is 2.61. The van der Waals surface area contributed by atoms with Gasteiger partial charge in [0.25, 0.3) is 0 Å². The van der Waals surface area contributed by atoms with Crippen LogP contribution in [0, 0.1) is 6.92 Å². The number of benzene rings is 1. The van der Waals surface area contributed by atoms with Gasteiger partial charge in [0.15, 0.2) is 5.96 Å². The van der Waals surface area contributed by atoms with Gasteiger partial charge in [0.2, 0.25) is 0 Å². The van der Waals surface area contributed by atoms with Gasteiger partial charge < -0.3 is 10.2 Å². The van der Waals surface area contributed by atoms with Crippen molar-refractivity contribution in [3.63, 3.8) is 0 Å². The predicted molar refractivity (Wildman–Crippen MR) is 114 cm³/mol. The summed E-state index contributed by atoms with van der Waals surface area (Å²) in [6.45, 7) is 6.10. The molecule has 2 aromatic heterocycles. The molecule has 0 aliphatic heterocycles. The molecule has 0 atom stereocenters. The highest BCUT2D eigenvalue weighted by atomic mass is 35.5. The molecular weight excluding hydrogens is 372 g/mol. The van der Waals surface area contributed by atoms with Crippen molar-refractivity contribution in [3.05, 3.63) is 77.0 Å². The first-order chi connectivity index (χ1) is 13.6. The molecule has 0 aliphatic carbocycles. The Labute approximate surface area is 170 Å². The van der Waals surface area contributed by atoms with Crippen LogP contribution in [0.2, 0.25) is 5.02 Å². The molecule has 1 aromatic carbocycles. The molecule has 0 saturated carbocycles. The third-order valence-electron chi connectivity index (χ3n) is 4.30. The molecule has 3 aromatic rings. The van der Waals surface area contributed by atoms with Crippen LogP contribution >= 0.6 is 11.6 Å². The lowest BCUT2D eigenvalue weighted by atomic mass is 10.2. The maximum atomic E-state index is 6.09. The fourth-order valence-electron chi connectivity index (χ4n) is 2.89. The Morgan fingerprint density at radius 2 is 2.07 bits per heavy atom. The molecule has 0 fully saturated rings. The minimum atomic E-state index is 0.554. The Bertz CT molecular complexity index is 932. The van der Waals surface area contributed by atoms with Gasteiger partial charge in [0, 0.05) is 43.8 Å². The highest BCUT2D eigenvalue weighted by Crippen LogP contribution is 2.13. The topological polar surface area (TPSA) is 58.3 Å². The van der Waals surface area contributed by atoms with Crippen molar-refractivity contribution in [1.82, 2.24) is 24.8 Å². The van der Waals surface area contributed by atoms with Crippen LogP contribution in [-0.2, 0) is 13.1 Å². The van der Waals surface area contributed by atoms with E-state index in [1.807, 2.05) is 61.3 Å². The van der Waals surface area contributed by atoms with Crippen LogP contribution in [-0.4, -0.2) is 39.0 Å². The van der Waals surface area contributed by atoms with Gasteiger partial charge in [-0.05, 0) is 43.2 Å². The second-order valence-corrected chi connectivity index (χ2v) is 6.96. The Hall–Kier alpha value is -2.86. The van der Waals surface area contributed by atoms with Crippen molar-refractivity contribution in [3.8, 4) is 5.82 Å². The minimum Gasteiger partial charge on any atom is -0.357 e. The molecule has 0 radical (unpaired) electrons. The summed E-state index contributed by atoms with van der Waals surface area (Å²) in [5, 5.41) is 4.08. The van der Waals surface area contributed by atoms with Crippen LogP contribution < -0.4 is 5.32 Å². The molecule has 0 unspecified atom stereocenters. The number of aliphatic imine (C=N–C) groups is 1. The number of rotatable bonds is 6. The maximum absolute atomic E-state index is 6.09. The maximum Gasteiger partial charge on any atom is 0.194 e. The van der Waals surface area contributed by atoms with Crippen molar-refractivity contribution in [2.24, 2.45) is 4.99 Å². The molecule has 0 bridgehead atoms. The van der Waals surface area contributed by atoms with Crippen molar-refractivity contribution in [1.29, 1.82) is 0 Å². The average molecular weight is 397 g/mol. The zero-order chi connectivity index (χ0) is 19.9. The predicted octanol–water partition coefficient (Wildman–Crippen LogP) is 3.83. The summed E-state index contributed by atoms with van der Waals surface area (Å²) in [6, 6.07) is 11.9. The van der Waals surface area contributed by atoms with Gasteiger partial charge in [-0.2, -0.15) is 0 Å². The summed E-state index contributed by atoms with van der Waals surface area (Å²) in [4.78, 5) is 15.6. The lowest BCUT2D eigenvalue weighted by Gasteiger charge is -2.22. The number of pyridine rings is 1. The first-order valence-corrected chi connectivity index (χ1v) is 9.63. The Balaban J connectivity index is 1.69. The van der Waals surface area contributed by atoms with Crippen LogP contribution in [0.4, 0.5) is 0 Å². The number of hydrogen-bond acceptors (Lipinski definition) is 3. The molecule has 28 heavy (non-hydrogen) atoms. The second kappa shape index (κ2) is 9.37. The Morgan fingerprint density at radius 1 is 1.21 bits per heavy atom. The molecule has 0 aliphatic rings. The second-order valence-electron chi connectivity index (χ2n) is 6.53. The summed E-state index contributed by atoms with van der Waals surface area (Å²) >= 11 is 6.09. The zero-order valence-corrected chi connectivity index (χ0v) is 17.2. The van der Waals surface area contributed by atoms with Crippen molar-refractivity contribution >= 4 is 17.6 Å². The first kappa shape index (κ1) is 19.9. The van der Waals surface area contributed by atoms with Crippen LogP contribution in [0.5, 0.6) is 0 Å². The van der Waals surface area contributed by atoms with E-state index in [0.717, 1.165) is 46.8 Å². The van der Waals surface area contributed by atoms with E-state index in [2.05, 4.69) is 33.2 Å². The number of nitrogens with one attached hydrogen (secondary N) is 1. The van der Waals surface area contributed by atoms with Gasteiger partial charge in [-0.25, -0.2) is 15.0 Å². The molecule has 2 heterocycles. The SMILES string of the molecule is CCNC(=NCc1ccc(-n2ccnc2C)nc1)N(C)Cc1cccc(Cl)c1. The summed E-state index contributed by atoms with van der Waals surface area (Å²) < 4.78 is 1.95. The molecular formula is C21H25ClN6. The molecule has 146 valence electrons. The molecule has 0 spiro atoms. The van der Waals surface area contributed by atoms with Gasteiger partial charge >= 0.3 is 0 Å². The Kier molecular flexibility index (Phi) is 6.66. The van der Waals surface area contributed by atoms with Gasteiger partial charge in [0.1, 0.15) is 11.6 Å². The average Bonchev–Trinajstić information content (AvgIpc) is 3.11. The molecule has 7 heteroatoms. The minimum absolute atomic E-state index is 0.554. The van der Waals surface area contributed by atoms with Crippen molar-refractivity contribution in [2.75, 3.05) is 13.6 Å². The normalized spacial score (nSPS) is 11.5. The van der Waals surface area contributed by atoms with Gasteiger partial charge in [0.05, 0.1) is 6.54 Å².